The number of amides is 3. The number of benzene rings is 1. The minimum atomic E-state index is -1.05. The van der Waals surface area contributed by atoms with Gasteiger partial charge >= 0.3 is 12.1 Å². The average molecular weight is 446 g/mol. The van der Waals surface area contributed by atoms with Gasteiger partial charge in [-0.1, -0.05) is 6.07 Å². The smallest absolute Gasteiger partial charge is 0.418 e. The van der Waals surface area contributed by atoms with Gasteiger partial charge < -0.3 is 20.3 Å². The van der Waals surface area contributed by atoms with Gasteiger partial charge in [-0.15, -0.1) is 0 Å². The molecule has 32 heavy (non-hydrogen) atoms. The molecule has 3 heterocycles. The SMILES string of the molecule is O=C(NCCNC1CCN(c2ncccn2)CC1)N1C(=O)OCC1c1ccc(F)c(F)c1. The zero-order valence-electron chi connectivity index (χ0n) is 17.3. The van der Waals surface area contributed by atoms with Crippen molar-refractivity contribution in [2.45, 2.75) is 24.9 Å². The minimum absolute atomic E-state index is 0.112. The molecule has 2 aliphatic rings. The fraction of sp³-hybridized carbons (Fsp3) is 0.429. The molecule has 2 fully saturated rings. The molecule has 2 aromatic rings. The summed E-state index contributed by atoms with van der Waals surface area (Å²) in [5.41, 5.74) is 0.289. The maximum absolute atomic E-state index is 13.6. The van der Waals surface area contributed by atoms with E-state index in [1.165, 1.54) is 6.07 Å². The maximum atomic E-state index is 13.6. The molecule has 2 N–H and O–H groups in total. The summed E-state index contributed by atoms with van der Waals surface area (Å²) >= 11 is 0. The zero-order valence-corrected chi connectivity index (χ0v) is 17.3. The molecule has 11 heteroatoms. The van der Waals surface area contributed by atoms with Crippen LogP contribution in [-0.4, -0.2) is 65.8 Å². The summed E-state index contributed by atoms with van der Waals surface area (Å²) in [4.78, 5) is 36.1. The van der Waals surface area contributed by atoms with Gasteiger partial charge in [0.1, 0.15) is 12.6 Å². The number of urea groups is 1. The zero-order chi connectivity index (χ0) is 22.5. The Labute approximate surface area is 183 Å². The lowest BCUT2D eigenvalue weighted by atomic mass is 10.1. The number of aromatic nitrogens is 2. The number of cyclic esters (lactones) is 1. The fourth-order valence-electron chi connectivity index (χ4n) is 3.88. The first-order valence-corrected chi connectivity index (χ1v) is 10.5. The quantitative estimate of drug-likeness (QED) is 0.657. The number of halogens is 2. The average Bonchev–Trinajstić information content (AvgIpc) is 3.21. The van der Waals surface area contributed by atoms with E-state index in [0.29, 0.717) is 19.1 Å². The summed E-state index contributed by atoms with van der Waals surface area (Å²) in [5, 5.41) is 6.08. The van der Waals surface area contributed by atoms with E-state index in [9.17, 15) is 18.4 Å². The van der Waals surface area contributed by atoms with Gasteiger partial charge in [0.15, 0.2) is 11.6 Å². The van der Waals surface area contributed by atoms with Crippen LogP contribution in [0, 0.1) is 11.6 Å². The Bertz CT molecular complexity index is 956. The largest absolute Gasteiger partial charge is 0.446 e. The summed E-state index contributed by atoms with van der Waals surface area (Å²) in [7, 11) is 0. The number of nitrogens with one attached hydrogen (secondary N) is 2. The third-order valence-electron chi connectivity index (χ3n) is 5.58. The summed E-state index contributed by atoms with van der Waals surface area (Å²) in [6.45, 7) is 2.39. The van der Waals surface area contributed by atoms with Crippen molar-refractivity contribution < 1.29 is 23.1 Å². The summed E-state index contributed by atoms with van der Waals surface area (Å²) in [5.74, 6) is -1.31. The van der Waals surface area contributed by atoms with E-state index in [1.807, 2.05) is 0 Å². The lowest BCUT2D eigenvalue weighted by Gasteiger charge is -2.32. The molecule has 170 valence electrons. The van der Waals surface area contributed by atoms with Gasteiger partial charge in [0.05, 0.1) is 0 Å². The fourth-order valence-corrected chi connectivity index (χ4v) is 3.88. The van der Waals surface area contributed by atoms with Crippen molar-refractivity contribution in [2.24, 2.45) is 0 Å². The molecule has 4 rings (SSSR count). The first-order valence-electron chi connectivity index (χ1n) is 10.5. The van der Waals surface area contributed by atoms with Crippen molar-refractivity contribution in [3.05, 3.63) is 53.9 Å². The second-order valence-electron chi connectivity index (χ2n) is 7.63. The third-order valence-corrected chi connectivity index (χ3v) is 5.58. The molecule has 0 bridgehead atoms. The van der Waals surface area contributed by atoms with E-state index in [2.05, 4.69) is 25.5 Å². The first-order chi connectivity index (χ1) is 15.5. The number of carbonyl (C=O) groups excluding carboxylic acids is 2. The Balaban J connectivity index is 1.22. The molecular weight excluding hydrogens is 422 g/mol. The van der Waals surface area contributed by atoms with Gasteiger partial charge in [-0.25, -0.2) is 33.2 Å². The second-order valence-corrected chi connectivity index (χ2v) is 7.63. The molecule has 0 spiro atoms. The summed E-state index contributed by atoms with van der Waals surface area (Å²) in [6.07, 6.45) is 4.47. The lowest BCUT2D eigenvalue weighted by molar-refractivity contribution is 0.158. The Kier molecular flexibility index (Phi) is 6.74. The molecule has 2 saturated heterocycles. The maximum Gasteiger partial charge on any atom is 0.418 e. The number of ether oxygens (including phenoxy) is 1. The van der Waals surface area contributed by atoms with Crippen LogP contribution in [0.2, 0.25) is 0 Å². The van der Waals surface area contributed by atoms with Crippen LogP contribution in [0.25, 0.3) is 0 Å². The van der Waals surface area contributed by atoms with Crippen molar-refractivity contribution >= 4 is 18.1 Å². The van der Waals surface area contributed by atoms with Gasteiger partial charge in [-0.3, -0.25) is 0 Å². The van der Waals surface area contributed by atoms with E-state index in [1.54, 1.807) is 18.5 Å². The van der Waals surface area contributed by atoms with E-state index in [4.69, 9.17) is 4.74 Å². The molecule has 3 amide bonds. The van der Waals surface area contributed by atoms with Crippen molar-refractivity contribution in [2.75, 3.05) is 37.7 Å². The molecule has 0 saturated carbocycles. The number of piperidine rings is 1. The summed E-state index contributed by atoms with van der Waals surface area (Å²) < 4.78 is 31.7. The molecule has 2 aliphatic heterocycles. The van der Waals surface area contributed by atoms with E-state index in [-0.39, 0.29) is 12.2 Å². The highest BCUT2D eigenvalue weighted by atomic mass is 19.2. The molecule has 9 nitrogen and oxygen atoms in total. The van der Waals surface area contributed by atoms with E-state index >= 15 is 0 Å². The van der Waals surface area contributed by atoms with Crippen LogP contribution in [0.4, 0.5) is 24.3 Å². The molecule has 0 radical (unpaired) electrons. The molecule has 1 unspecified atom stereocenters. The Morgan fingerprint density at radius 1 is 1.12 bits per heavy atom. The third kappa shape index (κ3) is 4.93. The topological polar surface area (TPSA) is 99.7 Å². The van der Waals surface area contributed by atoms with Crippen LogP contribution in [0.3, 0.4) is 0 Å². The normalized spacial score (nSPS) is 19.2. The molecule has 1 aromatic heterocycles. The molecule has 1 aromatic carbocycles. The number of hydrogen-bond donors (Lipinski definition) is 2. The molecule has 0 aliphatic carbocycles. The minimum Gasteiger partial charge on any atom is -0.446 e. The van der Waals surface area contributed by atoms with Gasteiger partial charge in [0.25, 0.3) is 0 Å². The molecule has 1 atom stereocenters. The Morgan fingerprint density at radius 2 is 1.88 bits per heavy atom. The number of nitrogens with zero attached hydrogens (tertiary/aromatic N) is 4. The van der Waals surface area contributed by atoms with Crippen LogP contribution in [0.1, 0.15) is 24.4 Å². The Morgan fingerprint density at radius 3 is 2.59 bits per heavy atom. The van der Waals surface area contributed by atoms with Gasteiger partial charge in [0, 0.05) is 44.6 Å². The predicted molar refractivity (Wildman–Crippen MR) is 111 cm³/mol. The van der Waals surface area contributed by atoms with E-state index < -0.39 is 29.8 Å². The van der Waals surface area contributed by atoms with Crippen molar-refractivity contribution in [1.82, 2.24) is 25.5 Å². The highest BCUT2D eigenvalue weighted by Crippen LogP contribution is 2.28. The summed E-state index contributed by atoms with van der Waals surface area (Å²) in [6, 6.07) is 3.90. The number of hydrogen-bond acceptors (Lipinski definition) is 7. The highest BCUT2D eigenvalue weighted by Gasteiger charge is 2.39. The van der Waals surface area contributed by atoms with E-state index in [0.717, 1.165) is 48.9 Å². The highest BCUT2D eigenvalue weighted by molar-refractivity contribution is 5.92. The number of carbonyl (C=O) groups is 2. The monoisotopic (exact) mass is 446 g/mol. The van der Waals surface area contributed by atoms with Gasteiger partial charge in [-0.05, 0) is 36.6 Å². The van der Waals surface area contributed by atoms with Gasteiger partial charge in [0.2, 0.25) is 5.95 Å². The van der Waals surface area contributed by atoms with Crippen molar-refractivity contribution in [1.29, 1.82) is 0 Å². The van der Waals surface area contributed by atoms with Crippen LogP contribution in [-0.2, 0) is 4.74 Å². The predicted octanol–water partition coefficient (Wildman–Crippen LogP) is 2.22. The Hall–Kier alpha value is -3.34. The number of imide groups is 1. The van der Waals surface area contributed by atoms with Crippen molar-refractivity contribution in [3.63, 3.8) is 0 Å². The van der Waals surface area contributed by atoms with Crippen LogP contribution >= 0.6 is 0 Å². The standard InChI is InChI=1S/C21H24F2N6O3/c22-16-3-2-14(12-17(16)23)18-13-32-21(31)29(18)20(30)27-9-8-24-15-4-10-28(11-5-15)19-25-6-1-7-26-19/h1-3,6-7,12,15,18,24H,4-5,8-11,13H2,(H,27,30). The van der Waals surface area contributed by atoms with Crippen LogP contribution in [0.15, 0.2) is 36.7 Å². The van der Waals surface area contributed by atoms with Crippen LogP contribution < -0.4 is 15.5 Å². The lowest BCUT2D eigenvalue weighted by Crippen LogP contribution is -2.47. The molecular formula is C21H24F2N6O3. The first kappa shape index (κ1) is 21.9. The second kappa shape index (κ2) is 9.86. The van der Waals surface area contributed by atoms with Crippen molar-refractivity contribution in [3.8, 4) is 0 Å². The van der Waals surface area contributed by atoms with Crippen LogP contribution in [0.5, 0.6) is 0 Å². The van der Waals surface area contributed by atoms with Gasteiger partial charge in [-0.2, -0.15) is 0 Å². The number of rotatable bonds is 6. The number of anilines is 1.